The number of aliphatic hydroxyl groups is 1. The van der Waals surface area contributed by atoms with E-state index in [2.05, 4.69) is 49.7 Å². The number of amidine groups is 1. The smallest absolute Gasteiger partial charge is 0.184 e. The van der Waals surface area contributed by atoms with Gasteiger partial charge in [-0.3, -0.25) is 4.99 Å². The molecule has 1 aromatic carbocycles. The first kappa shape index (κ1) is 22.3. The number of benzene rings is 1. The van der Waals surface area contributed by atoms with Crippen LogP contribution >= 0.6 is 11.3 Å². The van der Waals surface area contributed by atoms with Crippen LogP contribution in [0.4, 0.5) is 16.4 Å². The fourth-order valence-corrected chi connectivity index (χ4v) is 5.31. The number of likely N-dealkylation sites (N-methyl/N-ethyl adjacent to an activating group) is 1. The van der Waals surface area contributed by atoms with Gasteiger partial charge in [0.1, 0.15) is 10.8 Å². The molecule has 6 nitrogen and oxygen atoms in total. The predicted molar refractivity (Wildman–Crippen MR) is 129 cm³/mol. The standard InChI is InChI=1S/C24H34N4O2S/c1-17-15-18-21(26-19-9-5-6-10-20(19)27-22(18)31-17)25-13-14-28(3)16-30-23(29)24(2)11-7-4-8-12-24/h5-6,9-10,15,23,27,29H,4,7-8,11-14,16H2,1-3H3,(H,25,26)/p+1. The molecular weight excluding hydrogens is 408 g/mol. The number of hydrogen-bond acceptors (Lipinski definition) is 5. The lowest BCUT2D eigenvalue weighted by molar-refractivity contribution is -0.901. The number of nitrogens with zero attached hydrogens (tertiary/aromatic N) is 1. The molecule has 1 saturated carbocycles. The van der Waals surface area contributed by atoms with Gasteiger partial charge < -0.3 is 25.4 Å². The van der Waals surface area contributed by atoms with Crippen molar-refractivity contribution in [2.45, 2.75) is 52.2 Å². The number of thiophene rings is 1. The highest BCUT2D eigenvalue weighted by atomic mass is 32.1. The van der Waals surface area contributed by atoms with Crippen molar-refractivity contribution in [2.75, 3.05) is 37.5 Å². The number of hydrogen-bond donors (Lipinski definition) is 4. The zero-order valence-electron chi connectivity index (χ0n) is 18.8. The molecule has 0 bridgehead atoms. The molecule has 7 heteroatoms. The lowest BCUT2D eigenvalue weighted by Crippen LogP contribution is -3.09. The van der Waals surface area contributed by atoms with Crippen LogP contribution in [0.5, 0.6) is 0 Å². The Morgan fingerprint density at radius 1 is 1.19 bits per heavy atom. The molecular formula is C24H35N4O2S+. The molecule has 1 fully saturated rings. The third-order valence-corrected chi connectivity index (χ3v) is 7.39. The second-order valence-electron chi connectivity index (χ2n) is 9.21. The Balaban J connectivity index is 1.35. The van der Waals surface area contributed by atoms with Crippen LogP contribution in [0, 0.1) is 12.3 Å². The van der Waals surface area contributed by atoms with E-state index in [9.17, 15) is 5.11 Å². The monoisotopic (exact) mass is 443 g/mol. The van der Waals surface area contributed by atoms with Gasteiger partial charge in [0.25, 0.3) is 0 Å². The van der Waals surface area contributed by atoms with Crippen molar-refractivity contribution in [2.24, 2.45) is 10.4 Å². The van der Waals surface area contributed by atoms with Gasteiger partial charge in [0.15, 0.2) is 13.0 Å². The molecule has 1 aliphatic carbocycles. The van der Waals surface area contributed by atoms with Gasteiger partial charge >= 0.3 is 0 Å². The van der Waals surface area contributed by atoms with Crippen LogP contribution in [0.15, 0.2) is 35.3 Å². The molecule has 31 heavy (non-hydrogen) atoms. The van der Waals surface area contributed by atoms with E-state index in [1.54, 1.807) is 11.3 Å². The number of para-hydroxylation sites is 2. The van der Waals surface area contributed by atoms with Gasteiger partial charge in [-0.15, -0.1) is 11.3 Å². The number of quaternary nitrogens is 1. The number of rotatable bonds is 7. The third kappa shape index (κ3) is 5.29. The predicted octanol–water partition coefficient (Wildman–Crippen LogP) is 3.75. The van der Waals surface area contributed by atoms with E-state index in [0.717, 1.165) is 47.2 Å². The minimum atomic E-state index is -0.684. The van der Waals surface area contributed by atoms with Crippen molar-refractivity contribution in [3.63, 3.8) is 0 Å². The highest BCUT2D eigenvalue weighted by Gasteiger charge is 2.35. The summed E-state index contributed by atoms with van der Waals surface area (Å²) in [6, 6.07) is 10.4. The number of aryl methyl sites for hydroxylation is 1. The fourth-order valence-electron chi connectivity index (χ4n) is 4.39. The Kier molecular flexibility index (Phi) is 6.96. The Morgan fingerprint density at radius 2 is 1.90 bits per heavy atom. The largest absolute Gasteiger partial charge is 0.367 e. The first-order valence-electron chi connectivity index (χ1n) is 11.3. The minimum Gasteiger partial charge on any atom is -0.367 e. The summed E-state index contributed by atoms with van der Waals surface area (Å²) in [5.41, 5.74) is 3.12. The average Bonchev–Trinajstić information content (AvgIpc) is 3.06. The van der Waals surface area contributed by atoms with Crippen LogP contribution in [0.3, 0.4) is 0 Å². The van der Waals surface area contributed by atoms with Crippen LogP contribution in [0.25, 0.3) is 0 Å². The van der Waals surface area contributed by atoms with Gasteiger partial charge in [-0.25, -0.2) is 0 Å². The summed E-state index contributed by atoms with van der Waals surface area (Å²) in [5.74, 6) is 0.903. The minimum absolute atomic E-state index is 0.101. The number of nitrogens with one attached hydrogen (secondary N) is 3. The highest BCUT2D eigenvalue weighted by Crippen LogP contribution is 2.39. The molecule has 4 N–H and O–H groups in total. The van der Waals surface area contributed by atoms with Crippen LogP contribution in [-0.2, 0) is 4.74 Å². The first-order chi connectivity index (χ1) is 14.9. The van der Waals surface area contributed by atoms with E-state index in [1.165, 1.54) is 29.0 Å². The second kappa shape index (κ2) is 9.69. The first-order valence-corrected chi connectivity index (χ1v) is 12.2. The summed E-state index contributed by atoms with van der Waals surface area (Å²) in [4.78, 5) is 7.36. The summed E-state index contributed by atoms with van der Waals surface area (Å²) in [5, 5.41) is 18.8. The number of anilines is 3. The number of ether oxygens (including phenoxy) is 1. The molecule has 0 saturated heterocycles. The third-order valence-electron chi connectivity index (χ3n) is 6.43. The number of aliphatic imine (C=N–C) groups is 1. The molecule has 2 aromatic rings. The topological polar surface area (TPSA) is 70.3 Å². The van der Waals surface area contributed by atoms with E-state index in [0.29, 0.717) is 13.3 Å². The molecule has 4 rings (SSSR count). The van der Waals surface area contributed by atoms with E-state index < -0.39 is 6.29 Å². The summed E-state index contributed by atoms with van der Waals surface area (Å²) in [6.07, 6.45) is 5.05. The fraction of sp³-hybridized carbons (Fsp3) is 0.542. The molecule has 2 unspecified atom stereocenters. The van der Waals surface area contributed by atoms with E-state index in [-0.39, 0.29) is 5.41 Å². The second-order valence-corrected chi connectivity index (χ2v) is 10.5. The molecule has 0 amide bonds. The van der Waals surface area contributed by atoms with Gasteiger partial charge in [0.2, 0.25) is 0 Å². The molecule has 2 heterocycles. The van der Waals surface area contributed by atoms with Gasteiger partial charge in [0, 0.05) is 10.3 Å². The molecule has 1 aliphatic heterocycles. The summed E-state index contributed by atoms with van der Waals surface area (Å²) < 4.78 is 5.86. The summed E-state index contributed by atoms with van der Waals surface area (Å²) in [6.45, 7) is 6.28. The van der Waals surface area contributed by atoms with E-state index in [1.807, 2.05) is 12.1 Å². The van der Waals surface area contributed by atoms with Crippen molar-refractivity contribution >= 4 is 33.5 Å². The maximum atomic E-state index is 10.6. The number of fused-ring (bicyclic) bond motifs is 2. The SMILES string of the molecule is Cc1cc2c(s1)Nc1ccccc1NC2=NCC[NH+](C)COC(O)C1(C)CCCCC1. The van der Waals surface area contributed by atoms with Crippen molar-refractivity contribution < 1.29 is 14.7 Å². The Morgan fingerprint density at radius 3 is 2.65 bits per heavy atom. The summed E-state index contributed by atoms with van der Waals surface area (Å²) in [7, 11) is 2.09. The summed E-state index contributed by atoms with van der Waals surface area (Å²) >= 11 is 1.75. The zero-order chi connectivity index (χ0) is 21.8. The van der Waals surface area contributed by atoms with Crippen molar-refractivity contribution in [3.8, 4) is 0 Å². The molecule has 0 radical (unpaired) electrons. The number of aliphatic hydroxyl groups excluding tert-OH is 1. The van der Waals surface area contributed by atoms with Crippen molar-refractivity contribution in [3.05, 3.63) is 40.8 Å². The maximum Gasteiger partial charge on any atom is 0.184 e. The maximum absolute atomic E-state index is 10.6. The van der Waals surface area contributed by atoms with Crippen molar-refractivity contribution in [1.82, 2.24) is 0 Å². The van der Waals surface area contributed by atoms with Crippen LogP contribution in [0.2, 0.25) is 0 Å². The van der Waals surface area contributed by atoms with Crippen molar-refractivity contribution in [1.29, 1.82) is 0 Å². The highest BCUT2D eigenvalue weighted by molar-refractivity contribution is 7.16. The normalized spacial score (nSPS) is 20.7. The quantitative estimate of drug-likeness (QED) is 0.492. The van der Waals surface area contributed by atoms with Crippen LogP contribution in [-0.4, -0.2) is 44.1 Å². The Bertz CT molecular complexity index is 920. The lowest BCUT2D eigenvalue weighted by atomic mass is 9.75. The molecule has 1 aromatic heterocycles. The molecule has 0 spiro atoms. The molecule has 168 valence electrons. The lowest BCUT2D eigenvalue weighted by Gasteiger charge is -2.37. The molecule has 2 atom stereocenters. The van der Waals surface area contributed by atoms with E-state index >= 15 is 0 Å². The Hall–Kier alpha value is -1.93. The Labute approximate surface area is 189 Å². The van der Waals surface area contributed by atoms with Gasteiger partial charge in [-0.2, -0.15) is 0 Å². The zero-order valence-corrected chi connectivity index (χ0v) is 19.6. The van der Waals surface area contributed by atoms with Gasteiger partial charge in [-0.1, -0.05) is 38.3 Å². The van der Waals surface area contributed by atoms with Crippen LogP contribution < -0.4 is 15.5 Å². The van der Waals surface area contributed by atoms with Gasteiger partial charge in [0.05, 0.1) is 37.1 Å². The van der Waals surface area contributed by atoms with E-state index in [4.69, 9.17) is 9.73 Å². The van der Waals surface area contributed by atoms with Gasteiger partial charge in [-0.05, 0) is 38.0 Å². The van der Waals surface area contributed by atoms with Crippen LogP contribution in [0.1, 0.15) is 49.5 Å². The molecule has 2 aliphatic rings. The average molecular weight is 444 g/mol.